The van der Waals surface area contributed by atoms with E-state index < -0.39 is 0 Å². The van der Waals surface area contributed by atoms with Crippen molar-refractivity contribution in [1.29, 1.82) is 0 Å². The van der Waals surface area contributed by atoms with Gasteiger partial charge in [0.2, 0.25) is 0 Å². The van der Waals surface area contributed by atoms with Crippen molar-refractivity contribution in [3.63, 3.8) is 0 Å². The summed E-state index contributed by atoms with van der Waals surface area (Å²) >= 11 is 1.82. The monoisotopic (exact) mass is 243 g/mol. The minimum Gasteiger partial charge on any atom is -0.310 e. The zero-order valence-corrected chi connectivity index (χ0v) is 10.9. The van der Waals surface area contributed by atoms with E-state index >= 15 is 0 Å². The molecular formula is C15H17NS. The van der Waals surface area contributed by atoms with Crippen molar-refractivity contribution in [2.45, 2.75) is 32.4 Å². The number of aryl methyl sites for hydroxylation is 1. The van der Waals surface area contributed by atoms with Crippen molar-refractivity contribution in [2.24, 2.45) is 0 Å². The first kappa shape index (κ1) is 11.0. The molecule has 0 radical (unpaired) electrons. The van der Waals surface area contributed by atoms with E-state index in [1.54, 1.807) is 0 Å². The molecule has 0 aliphatic heterocycles. The molecule has 1 nitrogen and oxygen atoms in total. The summed E-state index contributed by atoms with van der Waals surface area (Å²) in [6.45, 7) is 3.18. The van der Waals surface area contributed by atoms with Gasteiger partial charge in [-0.1, -0.05) is 24.3 Å². The van der Waals surface area contributed by atoms with Crippen LogP contribution in [0, 0.1) is 6.92 Å². The van der Waals surface area contributed by atoms with Crippen LogP contribution >= 0.6 is 11.3 Å². The quantitative estimate of drug-likeness (QED) is 0.856. The second kappa shape index (κ2) is 4.63. The van der Waals surface area contributed by atoms with Gasteiger partial charge in [0.25, 0.3) is 0 Å². The Morgan fingerprint density at radius 3 is 2.53 bits per heavy atom. The van der Waals surface area contributed by atoms with Crippen molar-refractivity contribution < 1.29 is 0 Å². The summed E-state index contributed by atoms with van der Waals surface area (Å²) < 4.78 is 0. The SMILES string of the molecule is Cc1ccsc1-c1ccc(CNC2CC2)cc1. The van der Waals surface area contributed by atoms with Crippen LogP contribution < -0.4 is 5.32 Å². The molecule has 1 saturated carbocycles. The molecule has 0 amide bonds. The summed E-state index contributed by atoms with van der Waals surface area (Å²) in [5, 5.41) is 5.70. The first-order valence-electron chi connectivity index (χ1n) is 6.20. The standard InChI is InChI=1S/C15H17NS/c1-11-8-9-17-15(11)13-4-2-12(3-5-13)10-16-14-6-7-14/h2-5,8-9,14,16H,6-7,10H2,1H3. The molecule has 0 unspecified atom stereocenters. The van der Waals surface area contributed by atoms with E-state index in [0.717, 1.165) is 12.6 Å². The maximum absolute atomic E-state index is 3.54. The minimum atomic E-state index is 0.786. The smallest absolute Gasteiger partial charge is 0.0371 e. The topological polar surface area (TPSA) is 12.0 Å². The Bertz CT molecular complexity index is 494. The molecule has 17 heavy (non-hydrogen) atoms. The highest BCUT2D eigenvalue weighted by atomic mass is 32.1. The van der Waals surface area contributed by atoms with Gasteiger partial charge in [0.1, 0.15) is 0 Å². The summed E-state index contributed by atoms with van der Waals surface area (Å²) in [4.78, 5) is 1.40. The normalized spacial score (nSPS) is 15.1. The lowest BCUT2D eigenvalue weighted by atomic mass is 10.1. The molecule has 0 atom stereocenters. The molecular weight excluding hydrogens is 226 g/mol. The third-order valence-electron chi connectivity index (χ3n) is 3.25. The highest BCUT2D eigenvalue weighted by Crippen LogP contribution is 2.29. The minimum absolute atomic E-state index is 0.786. The number of nitrogens with one attached hydrogen (secondary N) is 1. The van der Waals surface area contributed by atoms with Gasteiger partial charge in [0, 0.05) is 17.5 Å². The zero-order chi connectivity index (χ0) is 11.7. The van der Waals surface area contributed by atoms with Crippen LogP contribution in [0.25, 0.3) is 10.4 Å². The fourth-order valence-corrected chi connectivity index (χ4v) is 2.93. The Balaban J connectivity index is 1.72. The summed E-state index contributed by atoms with van der Waals surface area (Å²) in [6.07, 6.45) is 2.71. The van der Waals surface area contributed by atoms with Gasteiger partial charge < -0.3 is 5.32 Å². The van der Waals surface area contributed by atoms with Crippen LogP contribution in [0.5, 0.6) is 0 Å². The number of hydrogen-bond acceptors (Lipinski definition) is 2. The van der Waals surface area contributed by atoms with Gasteiger partial charge in [-0.15, -0.1) is 11.3 Å². The van der Waals surface area contributed by atoms with Crippen LogP contribution in [0.4, 0.5) is 0 Å². The first-order valence-corrected chi connectivity index (χ1v) is 7.08. The molecule has 1 aromatic carbocycles. The lowest BCUT2D eigenvalue weighted by Gasteiger charge is -2.05. The average Bonchev–Trinajstić information content (AvgIpc) is 3.09. The lowest BCUT2D eigenvalue weighted by molar-refractivity contribution is 0.688. The van der Waals surface area contributed by atoms with Gasteiger partial charge in [0.15, 0.2) is 0 Å². The number of thiophene rings is 1. The number of hydrogen-bond donors (Lipinski definition) is 1. The molecule has 3 rings (SSSR count). The largest absolute Gasteiger partial charge is 0.310 e. The van der Waals surface area contributed by atoms with Crippen LogP contribution in [-0.4, -0.2) is 6.04 Å². The number of benzene rings is 1. The predicted octanol–water partition coefficient (Wildman–Crippen LogP) is 3.98. The summed E-state index contributed by atoms with van der Waals surface area (Å²) in [6, 6.07) is 11.9. The van der Waals surface area contributed by atoms with Crippen molar-refractivity contribution in [2.75, 3.05) is 0 Å². The zero-order valence-electron chi connectivity index (χ0n) is 10.1. The predicted molar refractivity (Wildman–Crippen MR) is 74.4 cm³/mol. The van der Waals surface area contributed by atoms with Crippen LogP contribution in [-0.2, 0) is 6.54 Å². The highest BCUT2D eigenvalue weighted by Gasteiger charge is 2.19. The van der Waals surface area contributed by atoms with Crippen molar-refractivity contribution >= 4 is 11.3 Å². The van der Waals surface area contributed by atoms with Gasteiger partial charge in [-0.3, -0.25) is 0 Å². The van der Waals surface area contributed by atoms with E-state index in [-0.39, 0.29) is 0 Å². The molecule has 1 aromatic heterocycles. The fraction of sp³-hybridized carbons (Fsp3) is 0.333. The molecule has 0 bridgehead atoms. The number of rotatable bonds is 4. The van der Waals surface area contributed by atoms with E-state index in [2.05, 4.69) is 48.0 Å². The maximum Gasteiger partial charge on any atom is 0.0371 e. The van der Waals surface area contributed by atoms with Crippen molar-refractivity contribution in [1.82, 2.24) is 5.32 Å². The van der Waals surface area contributed by atoms with E-state index in [4.69, 9.17) is 0 Å². The Labute approximate surface area is 106 Å². The Kier molecular flexibility index (Phi) is 3.00. The highest BCUT2D eigenvalue weighted by molar-refractivity contribution is 7.13. The Morgan fingerprint density at radius 1 is 1.18 bits per heavy atom. The van der Waals surface area contributed by atoms with Crippen molar-refractivity contribution in [3.8, 4) is 10.4 Å². The van der Waals surface area contributed by atoms with E-state index in [1.165, 1.54) is 34.4 Å². The van der Waals surface area contributed by atoms with E-state index in [9.17, 15) is 0 Å². The molecule has 88 valence electrons. The average molecular weight is 243 g/mol. The summed E-state index contributed by atoms with van der Waals surface area (Å²) in [7, 11) is 0. The van der Waals surface area contributed by atoms with E-state index in [1.807, 2.05) is 11.3 Å². The molecule has 1 N–H and O–H groups in total. The van der Waals surface area contributed by atoms with Gasteiger partial charge >= 0.3 is 0 Å². The Morgan fingerprint density at radius 2 is 1.94 bits per heavy atom. The second-order valence-corrected chi connectivity index (χ2v) is 5.70. The van der Waals surface area contributed by atoms with Gasteiger partial charge in [-0.25, -0.2) is 0 Å². The molecule has 1 fully saturated rings. The van der Waals surface area contributed by atoms with Gasteiger partial charge in [-0.05, 0) is 47.9 Å². The molecule has 2 heteroatoms. The molecule has 1 aliphatic rings. The van der Waals surface area contributed by atoms with Crippen LogP contribution in [0.15, 0.2) is 35.7 Å². The van der Waals surface area contributed by atoms with Crippen molar-refractivity contribution in [3.05, 3.63) is 46.8 Å². The third-order valence-corrected chi connectivity index (χ3v) is 4.32. The molecule has 1 aliphatic carbocycles. The summed E-state index contributed by atoms with van der Waals surface area (Å²) in [5.41, 5.74) is 4.10. The maximum atomic E-state index is 3.54. The molecule has 2 aromatic rings. The third kappa shape index (κ3) is 2.59. The van der Waals surface area contributed by atoms with Gasteiger partial charge in [0.05, 0.1) is 0 Å². The second-order valence-electron chi connectivity index (χ2n) is 4.78. The fourth-order valence-electron chi connectivity index (χ4n) is 1.99. The van der Waals surface area contributed by atoms with Crippen LogP contribution in [0.2, 0.25) is 0 Å². The lowest BCUT2D eigenvalue weighted by Crippen LogP contribution is -2.14. The van der Waals surface area contributed by atoms with Crippen LogP contribution in [0.1, 0.15) is 24.0 Å². The van der Waals surface area contributed by atoms with Gasteiger partial charge in [-0.2, -0.15) is 0 Å². The first-order chi connectivity index (χ1) is 8.33. The van der Waals surface area contributed by atoms with Crippen LogP contribution in [0.3, 0.4) is 0 Å². The molecule has 1 heterocycles. The molecule has 0 spiro atoms. The van der Waals surface area contributed by atoms with E-state index in [0.29, 0.717) is 0 Å². The molecule has 0 saturated heterocycles. The Hall–Kier alpha value is -1.12. The summed E-state index contributed by atoms with van der Waals surface area (Å²) in [5.74, 6) is 0.